The van der Waals surface area contributed by atoms with E-state index >= 15 is 0 Å². The summed E-state index contributed by atoms with van der Waals surface area (Å²) in [4.78, 5) is 28.6. The van der Waals surface area contributed by atoms with E-state index in [1.807, 2.05) is 12.1 Å². The zero-order valence-corrected chi connectivity index (χ0v) is 17.5. The van der Waals surface area contributed by atoms with Crippen molar-refractivity contribution in [2.45, 2.75) is 25.7 Å². The van der Waals surface area contributed by atoms with Gasteiger partial charge in [0.15, 0.2) is 5.78 Å². The van der Waals surface area contributed by atoms with Crippen molar-refractivity contribution >= 4 is 27.6 Å². The SMILES string of the molecule is CC(NC(=O)c1nc(-c2ccc(OC(F)(F)F)cc2)no1)C(=O)Cc1cccc(Br)c1. The molecule has 1 heterocycles. The fourth-order valence-electron chi connectivity index (χ4n) is 2.58. The number of hydrogen-bond acceptors (Lipinski definition) is 6. The molecule has 1 unspecified atom stereocenters. The highest BCUT2D eigenvalue weighted by molar-refractivity contribution is 9.10. The normalized spacial score (nSPS) is 12.3. The summed E-state index contributed by atoms with van der Waals surface area (Å²) in [5, 5.41) is 6.13. The van der Waals surface area contributed by atoms with Crippen molar-refractivity contribution in [2.24, 2.45) is 0 Å². The van der Waals surface area contributed by atoms with Gasteiger partial charge in [0.05, 0.1) is 6.04 Å². The molecule has 3 rings (SSSR count). The maximum atomic E-state index is 12.4. The molecule has 162 valence electrons. The Hall–Kier alpha value is -3.21. The lowest BCUT2D eigenvalue weighted by molar-refractivity contribution is -0.274. The smallest absolute Gasteiger partial charge is 0.406 e. The van der Waals surface area contributed by atoms with Gasteiger partial charge < -0.3 is 14.6 Å². The molecule has 1 N–H and O–H groups in total. The van der Waals surface area contributed by atoms with E-state index in [0.717, 1.165) is 22.2 Å². The number of aromatic nitrogens is 2. The Balaban J connectivity index is 1.61. The minimum atomic E-state index is -4.80. The first-order valence-corrected chi connectivity index (χ1v) is 9.68. The molecule has 1 aromatic heterocycles. The molecule has 3 aromatic rings. The Labute approximate surface area is 182 Å². The quantitative estimate of drug-likeness (QED) is 0.522. The van der Waals surface area contributed by atoms with Crippen LogP contribution in [0.4, 0.5) is 13.2 Å². The maximum Gasteiger partial charge on any atom is 0.573 e. The Morgan fingerprint density at radius 2 is 1.90 bits per heavy atom. The van der Waals surface area contributed by atoms with Gasteiger partial charge in [0, 0.05) is 16.5 Å². The van der Waals surface area contributed by atoms with Crippen LogP contribution in [0.2, 0.25) is 0 Å². The second-order valence-electron chi connectivity index (χ2n) is 6.46. The lowest BCUT2D eigenvalue weighted by atomic mass is 10.0. The Morgan fingerprint density at radius 1 is 1.19 bits per heavy atom. The number of amides is 1. The van der Waals surface area contributed by atoms with Gasteiger partial charge in [-0.3, -0.25) is 9.59 Å². The molecule has 0 aliphatic carbocycles. The van der Waals surface area contributed by atoms with E-state index in [1.54, 1.807) is 12.1 Å². The second-order valence-corrected chi connectivity index (χ2v) is 7.38. The van der Waals surface area contributed by atoms with Gasteiger partial charge in [-0.15, -0.1) is 13.2 Å². The number of alkyl halides is 3. The molecule has 1 amide bonds. The molecule has 2 aromatic carbocycles. The summed E-state index contributed by atoms with van der Waals surface area (Å²) < 4.78 is 46.2. The van der Waals surface area contributed by atoms with E-state index in [-0.39, 0.29) is 23.9 Å². The van der Waals surface area contributed by atoms with Gasteiger partial charge >= 0.3 is 18.2 Å². The van der Waals surface area contributed by atoms with Gasteiger partial charge in [0.25, 0.3) is 0 Å². The van der Waals surface area contributed by atoms with Gasteiger partial charge in [-0.05, 0) is 48.9 Å². The molecule has 0 radical (unpaired) electrons. The number of nitrogens with zero attached hydrogens (tertiary/aromatic N) is 2. The van der Waals surface area contributed by atoms with E-state index in [4.69, 9.17) is 4.52 Å². The van der Waals surface area contributed by atoms with Crippen LogP contribution in [-0.2, 0) is 11.2 Å². The van der Waals surface area contributed by atoms with Gasteiger partial charge in [-0.2, -0.15) is 4.98 Å². The van der Waals surface area contributed by atoms with E-state index in [0.29, 0.717) is 5.56 Å². The first-order valence-electron chi connectivity index (χ1n) is 8.88. The summed E-state index contributed by atoms with van der Waals surface area (Å²) in [5.41, 5.74) is 1.11. The maximum absolute atomic E-state index is 12.4. The third-order valence-corrected chi connectivity index (χ3v) is 4.56. The van der Waals surface area contributed by atoms with Gasteiger partial charge in [0.2, 0.25) is 5.82 Å². The number of halogens is 4. The second kappa shape index (κ2) is 9.29. The molecule has 0 bridgehead atoms. The van der Waals surface area contributed by atoms with Crippen LogP contribution in [0, 0.1) is 0 Å². The van der Waals surface area contributed by atoms with E-state index in [2.05, 4.69) is 36.1 Å². The molecule has 1 atom stereocenters. The predicted octanol–water partition coefficient (Wildman–Crippen LogP) is 4.33. The molecule has 31 heavy (non-hydrogen) atoms. The zero-order chi connectivity index (χ0) is 22.6. The van der Waals surface area contributed by atoms with Crippen LogP contribution in [0.1, 0.15) is 23.2 Å². The van der Waals surface area contributed by atoms with Crippen molar-refractivity contribution in [3.8, 4) is 17.1 Å². The van der Waals surface area contributed by atoms with Crippen LogP contribution in [-0.4, -0.2) is 34.2 Å². The highest BCUT2D eigenvalue weighted by Gasteiger charge is 2.31. The van der Waals surface area contributed by atoms with Crippen molar-refractivity contribution in [2.75, 3.05) is 0 Å². The topological polar surface area (TPSA) is 94.3 Å². The summed E-state index contributed by atoms with van der Waals surface area (Å²) in [5.74, 6) is -1.75. The standard InChI is InChI=1S/C20H15BrF3N3O4/c1-11(16(28)10-12-3-2-4-14(21)9-12)25-18(29)19-26-17(27-31-19)13-5-7-15(8-6-13)30-20(22,23)24/h2-9,11H,10H2,1H3,(H,25,29). The molecule has 11 heteroatoms. The molecule has 0 fully saturated rings. The molecule has 0 saturated carbocycles. The van der Waals surface area contributed by atoms with Crippen molar-refractivity contribution in [3.05, 3.63) is 64.5 Å². The Kier molecular flexibility index (Phi) is 6.74. The van der Waals surface area contributed by atoms with Crippen molar-refractivity contribution in [1.29, 1.82) is 0 Å². The monoisotopic (exact) mass is 497 g/mol. The van der Waals surface area contributed by atoms with E-state index < -0.39 is 24.1 Å². The van der Waals surface area contributed by atoms with E-state index in [9.17, 15) is 22.8 Å². The average Bonchev–Trinajstić information content (AvgIpc) is 3.17. The number of ether oxygens (including phenoxy) is 1. The summed E-state index contributed by atoms with van der Waals surface area (Å²) in [7, 11) is 0. The molecular weight excluding hydrogens is 483 g/mol. The Morgan fingerprint density at radius 3 is 2.55 bits per heavy atom. The number of carbonyl (C=O) groups is 2. The Bertz CT molecular complexity index is 1080. The number of benzene rings is 2. The first-order chi connectivity index (χ1) is 14.6. The van der Waals surface area contributed by atoms with Crippen molar-refractivity contribution in [1.82, 2.24) is 15.5 Å². The lowest BCUT2D eigenvalue weighted by Crippen LogP contribution is -2.39. The molecule has 0 saturated heterocycles. The number of carbonyl (C=O) groups excluding carboxylic acids is 2. The number of ketones is 1. The number of Topliss-reactive ketones (excluding diaryl/α,β-unsaturated/α-hetero) is 1. The predicted molar refractivity (Wildman–Crippen MR) is 106 cm³/mol. The van der Waals surface area contributed by atoms with Crippen LogP contribution in [0.25, 0.3) is 11.4 Å². The van der Waals surface area contributed by atoms with Gasteiger partial charge in [-0.1, -0.05) is 33.2 Å². The van der Waals surface area contributed by atoms with Crippen LogP contribution in [0.3, 0.4) is 0 Å². The number of hydrogen-bond donors (Lipinski definition) is 1. The van der Waals surface area contributed by atoms with Crippen LogP contribution in [0.5, 0.6) is 5.75 Å². The number of nitrogens with one attached hydrogen (secondary N) is 1. The minimum absolute atomic E-state index is 0.00294. The number of rotatable bonds is 7. The average molecular weight is 498 g/mol. The molecule has 0 aliphatic rings. The fourth-order valence-corrected chi connectivity index (χ4v) is 3.03. The summed E-state index contributed by atoms with van der Waals surface area (Å²) >= 11 is 3.33. The zero-order valence-electron chi connectivity index (χ0n) is 15.9. The molecule has 0 spiro atoms. The summed E-state index contributed by atoms with van der Waals surface area (Å²) in [6.07, 6.45) is -4.67. The molecule has 0 aliphatic heterocycles. The third-order valence-electron chi connectivity index (χ3n) is 4.06. The molecular formula is C20H15BrF3N3O4. The minimum Gasteiger partial charge on any atom is -0.406 e. The van der Waals surface area contributed by atoms with Crippen LogP contribution < -0.4 is 10.1 Å². The van der Waals surface area contributed by atoms with Crippen LogP contribution >= 0.6 is 15.9 Å². The van der Waals surface area contributed by atoms with E-state index in [1.165, 1.54) is 19.1 Å². The molecule has 7 nitrogen and oxygen atoms in total. The fraction of sp³-hybridized carbons (Fsp3) is 0.200. The van der Waals surface area contributed by atoms with Gasteiger partial charge in [-0.25, -0.2) is 0 Å². The van der Waals surface area contributed by atoms with Crippen LogP contribution in [0.15, 0.2) is 57.5 Å². The van der Waals surface area contributed by atoms with Gasteiger partial charge in [0.1, 0.15) is 5.75 Å². The highest BCUT2D eigenvalue weighted by atomic mass is 79.9. The third kappa shape index (κ3) is 6.38. The highest BCUT2D eigenvalue weighted by Crippen LogP contribution is 2.25. The van der Waals surface area contributed by atoms with Crippen molar-refractivity contribution in [3.63, 3.8) is 0 Å². The van der Waals surface area contributed by atoms with Crippen molar-refractivity contribution < 1.29 is 32.0 Å². The summed E-state index contributed by atoms with van der Waals surface area (Å²) in [6, 6.07) is 11.2. The first kappa shape index (κ1) is 22.5. The largest absolute Gasteiger partial charge is 0.573 e. The lowest BCUT2D eigenvalue weighted by Gasteiger charge is -2.11. The summed E-state index contributed by atoms with van der Waals surface area (Å²) in [6.45, 7) is 1.54.